The van der Waals surface area contributed by atoms with E-state index in [-0.39, 0.29) is 22.6 Å². The second kappa shape index (κ2) is 5.83. The van der Waals surface area contributed by atoms with Crippen molar-refractivity contribution in [3.63, 3.8) is 0 Å². The van der Waals surface area contributed by atoms with Gasteiger partial charge in [-0.15, -0.1) is 20.4 Å². The first-order valence-electron chi connectivity index (χ1n) is 5.23. The predicted octanol–water partition coefficient (Wildman–Crippen LogP) is 0.525. The second-order valence-corrected chi connectivity index (χ2v) is 4.81. The summed E-state index contributed by atoms with van der Waals surface area (Å²) in [4.78, 5) is 19.3. The fraction of sp³-hybridized carbons (Fsp3) is 0.250. The molecule has 0 aliphatic carbocycles. The van der Waals surface area contributed by atoms with Gasteiger partial charge in [0.25, 0.3) is 10.7 Å². The molecule has 106 valence electrons. The molecule has 0 atom stereocenters. The Balaban J connectivity index is 2.26. The van der Waals surface area contributed by atoms with Crippen LogP contribution in [0.1, 0.15) is 0 Å². The van der Waals surface area contributed by atoms with Crippen LogP contribution in [-0.4, -0.2) is 33.1 Å². The minimum absolute atomic E-state index is 0.0833. The van der Waals surface area contributed by atoms with E-state index in [0.717, 1.165) is 0 Å². The molecule has 20 heavy (non-hydrogen) atoms. The van der Waals surface area contributed by atoms with Crippen molar-refractivity contribution >= 4 is 51.7 Å². The molecular formula is C8H11N9OS2. The van der Waals surface area contributed by atoms with E-state index >= 15 is 0 Å². The Kier molecular flexibility index (Phi) is 4.14. The summed E-state index contributed by atoms with van der Waals surface area (Å²) in [5.74, 6) is 0.299. The number of thiol groups is 1. The van der Waals surface area contributed by atoms with Gasteiger partial charge in [0.2, 0.25) is 11.1 Å². The van der Waals surface area contributed by atoms with Crippen LogP contribution in [0.25, 0.3) is 0 Å². The van der Waals surface area contributed by atoms with Gasteiger partial charge in [-0.05, 0) is 0 Å². The quantitative estimate of drug-likeness (QED) is 0.365. The standard InChI is InChI=1S/C8H11N9OS2/c1-17(2-19)8-16-15-7(20-8)14-13-3-4(9)11-6(10)12-5(3)18/h19H,2H2,1H3,(H5,9,10,11,12,18). The summed E-state index contributed by atoms with van der Waals surface area (Å²) >= 11 is 5.31. The van der Waals surface area contributed by atoms with Gasteiger partial charge < -0.3 is 16.4 Å². The van der Waals surface area contributed by atoms with Crippen molar-refractivity contribution in [1.82, 2.24) is 20.2 Å². The zero-order chi connectivity index (χ0) is 14.7. The Labute approximate surface area is 122 Å². The van der Waals surface area contributed by atoms with Crippen LogP contribution < -0.4 is 21.9 Å². The number of anilines is 3. The maximum atomic E-state index is 11.6. The molecule has 0 aromatic carbocycles. The minimum Gasteiger partial charge on any atom is -0.382 e. The number of azo groups is 1. The molecule has 12 heteroatoms. The van der Waals surface area contributed by atoms with Gasteiger partial charge in [0, 0.05) is 7.05 Å². The van der Waals surface area contributed by atoms with Gasteiger partial charge >= 0.3 is 0 Å². The number of aromatic amines is 1. The number of nitrogens with two attached hydrogens (primary N) is 2. The van der Waals surface area contributed by atoms with Crippen molar-refractivity contribution in [3.05, 3.63) is 10.4 Å². The predicted molar refractivity (Wildman–Crippen MR) is 80.0 cm³/mol. The lowest BCUT2D eigenvalue weighted by molar-refractivity contribution is 0.992. The first kappa shape index (κ1) is 14.2. The van der Waals surface area contributed by atoms with Gasteiger partial charge in [-0.2, -0.15) is 17.6 Å². The molecule has 0 amide bonds. The first-order valence-corrected chi connectivity index (χ1v) is 6.68. The van der Waals surface area contributed by atoms with E-state index in [1.165, 1.54) is 11.3 Å². The topological polar surface area (TPSA) is 152 Å². The number of hydrogen-bond acceptors (Lipinski definition) is 11. The highest BCUT2D eigenvalue weighted by atomic mass is 32.1. The summed E-state index contributed by atoms with van der Waals surface area (Å²) in [5, 5.41) is 16.1. The molecule has 2 rings (SSSR count). The van der Waals surface area contributed by atoms with E-state index in [1.54, 1.807) is 11.9 Å². The van der Waals surface area contributed by atoms with E-state index in [2.05, 4.69) is 43.0 Å². The number of nitrogens with zero attached hydrogens (tertiary/aromatic N) is 6. The molecular weight excluding hydrogens is 302 g/mol. The number of nitrogen functional groups attached to an aromatic ring is 2. The van der Waals surface area contributed by atoms with Crippen LogP contribution in [0.15, 0.2) is 15.0 Å². The third-order valence-corrected chi connectivity index (χ3v) is 3.46. The molecule has 0 spiro atoms. The van der Waals surface area contributed by atoms with Crippen molar-refractivity contribution in [2.45, 2.75) is 0 Å². The number of hydrogen-bond donors (Lipinski definition) is 4. The second-order valence-electron chi connectivity index (χ2n) is 3.59. The highest BCUT2D eigenvalue weighted by Gasteiger charge is 2.09. The van der Waals surface area contributed by atoms with Gasteiger partial charge in [-0.3, -0.25) is 9.78 Å². The van der Waals surface area contributed by atoms with Crippen molar-refractivity contribution in [1.29, 1.82) is 0 Å². The Bertz CT molecular complexity index is 693. The number of H-pyrrole nitrogens is 1. The van der Waals surface area contributed by atoms with Gasteiger partial charge in [-0.25, -0.2) is 0 Å². The summed E-state index contributed by atoms with van der Waals surface area (Å²) in [6.07, 6.45) is 0. The molecule has 2 aromatic heterocycles. The van der Waals surface area contributed by atoms with Crippen molar-refractivity contribution in [3.8, 4) is 0 Å². The maximum Gasteiger partial charge on any atom is 0.282 e. The summed E-state index contributed by atoms with van der Waals surface area (Å²) in [6.45, 7) is 0. The van der Waals surface area contributed by atoms with Crippen molar-refractivity contribution < 1.29 is 0 Å². The summed E-state index contributed by atoms with van der Waals surface area (Å²) < 4.78 is 0. The average Bonchev–Trinajstić information content (AvgIpc) is 2.85. The lowest BCUT2D eigenvalue weighted by Gasteiger charge is -2.08. The lowest BCUT2D eigenvalue weighted by Crippen LogP contribution is -2.13. The first-order chi connectivity index (χ1) is 9.51. The SMILES string of the molecule is CN(CS)c1nnc(N=Nc2c(N)nc(N)[nH]c2=O)s1. The number of nitrogens with one attached hydrogen (secondary N) is 1. The molecule has 5 N–H and O–H groups in total. The van der Waals surface area contributed by atoms with E-state index in [0.29, 0.717) is 11.0 Å². The Morgan fingerprint density at radius 1 is 1.40 bits per heavy atom. The molecule has 2 heterocycles. The third kappa shape index (κ3) is 3.03. The van der Waals surface area contributed by atoms with E-state index in [1.807, 2.05) is 0 Å². The van der Waals surface area contributed by atoms with Crippen LogP contribution in [0, 0.1) is 0 Å². The van der Waals surface area contributed by atoms with Crippen molar-refractivity contribution in [2.75, 3.05) is 29.3 Å². The molecule has 0 saturated carbocycles. The number of rotatable bonds is 4. The number of aromatic nitrogens is 4. The molecule has 0 bridgehead atoms. The van der Waals surface area contributed by atoms with Crippen molar-refractivity contribution in [2.24, 2.45) is 10.2 Å². The van der Waals surface area contributed by atoms with E-state index < -0.39 is 5.56 Å². The Morgan fingerprint density at radius 3 is 2.80 bits per heavy atom. The Morgan fingerprint density at radius 2 is 2.15 bits per heavy atom. The molecule has 2 aromatic rings. The zero-order valence-electron chi connectivity index (χ0n) is 10.3. The minimum atomic E-state index is -0.573. The molecule has 0 radical (unpaired) electrons. The van der Waals surface area contributed by atoms with Gasteiger partial charge in [0.15, 0.2) is 11.5 Å². The monoisotopic (exact) mass is 313 g/mol. The van der Waals surface area contributed by atoms with Gasteiger partial charge in [0.1, 0.15) is 0 Å². The van der Waals surface area contributed by atoms with E-state index in [9.17, 15) is 4.79 Å². The fourth-order valence-electron chi connectivity index (χ4n) is 1.16. The fourth-order valence-corrected chi connectivity index (χ4v) is 2.01. The highest BCUT2D eigenvalue weighted by Crippen LogP contribution is 2.27. The van der Waals surface area contributed by atoms with Crippen LogP contribution in [0.4, 0.5) is 27.7 Å². The maximum absolute atomic E-state index is 11.6. The van der Waals surface area contributed by atoms with Gasteiger partial charge in [-0.1, -0.05) is 11.3 Å². The molecule has 0 aliphatic rings. The summed E-state index contributed by atoms with van der Waals surface area (Å²) in [6, 6.07) is 0. The molecule has 0 saturated heterocycles. The smallest absolute Gasteiger partial charge is 0.282 e. The lowest BCUT2D eigenvalue weighted by atomic mass is 10.5. The average molecular weight is 313 g/mol. The highest BCUT2D eigenvalue weighted by molar-refractivity contribution is 7.80. The normalized spacial score (nSPS) is 11.1. The van der Waals surface area contributed by atoms with Crippen LogP contribution >= 0.6 is 24.0 Å². The van der Waals surface area contributed by atoms with E-state index in [4.69, 9.17) is 11.5 Å². The summed E-state index contributed by atoms with van der Waals surface area (Å²) in [7, 11) is 1.81. The molecule has 0 fully saturated rings. The molecule has 10 nitrogen and oxygen atoms in total. The Hall–Kier alpha value is -2.21. The summed E-state index contributed by atoms with van der Waals surface area (Å²) in [5.41, 5.74) is 10.2. The van der Waals surface area contributed by atoms with Crippen LogP contribution in [0.3, 0.4) is 0 Å². The van der Waals surface area contributed by atoms with Crippen LogP contribution in [0.5, 0.6) is 0 Å². The van der Waals surface area contributed by atoms with Crippen LogP contribution in [0.2, 0.25) is 0 Å². The molecule has 0 aliphatic heterocycles. The van der Waals surface area contributed by atoms with Crippen LogP contribution in [-0.2, 0) is 0 Å². The zero-order valence-corrected chi connectivity index (χ0v) is 12.0. The largest absolute Gasteiger partial charge is 0.382 e. The molecule has 0 unspecified atom stereocenters. The third-order valence-electron chi connectivity index (χ3n) is 2.12. The van der Waals surface area contributed by atoms with Gasteiger partial charge in [0.05, 0.1) is 5.88 Å².